The smallest absolute Gasteiger partial charge is 0.322 e. The monoisotopic (exact) mass is 285 g/mol. The van der Waals surface area contributed by atoms with Crippen LogP contribution in [0.3, 0.4) is 0 Å². The maximum atomic E-state index is 5.79. The second-order valence-electron chi connectivity index (χ2n) is 6.17. The van der Waals surface area contributed by atoms with Gasteiger partial charge in [-0.25, -0.2) is 4.98 Å². The fraction of sp³-hybridized carbons (Fsp3) is 0.412. The van der Waals surface area contributed by atoms with Crippen molar-refractivity contribution in [2.24, 2.45) is 0 Å². The summed E-state index contributed by atoms with van der Waals surface area (Å²) in [6, 6.07) is 8.46. The van der Waals surface area contributed by atoms with Gasteiger partial charge >= 0.3 is 6.01 Å². The lowest BCUT2D eigenvalue weighted by Gasteiger charge is -2.19. The third kappa shape index (κ3) is 4.02. The maximum Gasteiger partial charge on any atom is 0.322 e. The molecule has 4 nitrogen and oxygen atoms in total. The minimum Gasteiger partial charge on any atom is -0.424 e. The van der Waals surface area contributed by atoms with Gasteiger partial charge in [-0.15, -0.1) is 0 Å². The number of hydrogen-bond donors (Lipinski definition) is 1. The minimum absolute atomic E-state index is 0.0901. The second-order valence-corrected chi connectivity index (χ2v) is 6.17. The molecule has 4 heteroatoms. The first-order valence-corrected chi connectivity index (χ1v) is 7.15. The first-order chi connectivity index (χ1) is 9.90. The summed E-state index contributed by atoms with van der Waals surface area (Å²) in [6.07, 6.45) is 1.81. The van der Waals surface area contributed by atoms with Crippen molar-refractivity contribution in [1.29, 1.82) is 0 Å². The molecule has 21 heavy (non-hydrogen) atoms. The van der Waals surface area contributed by atoms with E-state index in [2.05, 4.69) is 42.1 Å². The molecule has 1 aromatic carbocycles. The zero-order valence-corrected chi connectivity index (χ0v) is 13.4. The molecule has 0 bridgehead atoms. The molecule has 0 spiro atoms. The molecule has 0 aliphatic carbocycles. The Kier molecular flexibility index (Phi) is 4.58. The van der Waals surface area contributed by atoms with Crippen LogP contribution in [0, 0.1) is 6.92 Å². The van der Waals surface area contributed by atoms with Gasteiger partial charge in [0.05, 0.1) is 0 Å². The van der Waals surface area contributed by atoms with Gasteiger partial charge in [-0.2, -0.15) is 4.98 Å². The summed E-state index contributed by atoms with van der Waals surface area (Å²) >= 11 is 0. The van der Waals surface area contributed by atoms with Crippen LogP contribution in [-0.4, -0.2) is 17.0 Å². The summed E-state index contributed by atoms with van der Waals surface area (Å²) in [5.74, 6) is 0.767. The highest BCUT2D eigenvalue weighted by Gasteiger charge is 2.14. The number of rotatable bonds is 4. The topological polar surface area (TPSA) is 47.0 Å². The third-order valence-electron chi connectivity index (χ3n) is 3.34. The van der Waals surface area contributed by atoms with E-state index in [0.29, 0.717) is 6.01 Å². The van der Waals surface area contributed by atoms with Gasteiger partial charge < -0.3 is 10.1 Å². The average molecular weight is 285 g/mol. The summed E-state index contributed by atoms with van der Waals surface area (Å²) in [6.45, 7) is 9.26. The zero-order valence-electron chi connectivity index (χ0n) is 13.4. The molecule has 0 aliphatic heterocycles. The Morgan fingerprint density at radius 3 is 2.62 bits per heavy atom. The summed E-state index contributed by atoms with van der Waals surface area (Å²) in [4.78, 5) is 8.68. The Labute approximate surface area is 126 Å². The van der Waals surface area contributed by atoms with Crippen molar-refractivity contribution >= 4 is 0 Å². The molecule has 0 radical (unpaired) electrons. The maximum absolute atomic E-state index is 5.79. The second kappa shape index (κ2) is 6.22. The quantitative estimate of drug-likeness (QED) is 0.932. The third-order valence-corrected chi connectivity index (χ3v) is 3.34. The highest BCUT2D eigenvalue weighted by atomic mass is 16.5. The van der Waals surface area contributed by atoms with Crippen LogP contribution in [0.4, 0.5) is 0 Å². The van der Waals surface area contributed by atoms with E-state index >= 15 is 0 Å². The zero-order chi connectivity index (χ0) is 15.5. The van der Waals surface area contributed by atoms with Crippen LogP contribution in [0.15, 0.2) is 30.5 Å². The van der Waals surface area contributed by atoms with Crippen LogP contribution >= 0.6 is 0 Å². The summed E-state index contributed by atoms with van der Waals surface area (Å²) in [5, 5.41) is 3.10. The molecule has 0 aliphatic rings. The lowest BCUT2D eigenvalue weighted by molar-refractivity contribution is 0.436. The molecule has 1 aromatic heterocycles. The first kappa shape index (κ1) is 15.4. The number of nitrogens with zero attached hydrogens (tertiary/aromatic N) is 2. The molecule has 112 valence electrons. The van der Waals surface area contributed by atoms with E-state index < -0.39 is 0 Å². The Morgan fingerprint density at radius 1 is 1.24 bits per heavy atom. The van der Waals surface area contributed by atoms with Gasteiger partial charge in [0, 0.05) is 24.0 Å². The number of aromatic nitrogens is 2. The van der Waals surface area contributed by atoms with Crippen LogP contribution in [0.1, 0.15) is 37.6 Å². The predicted molar refractivity (Wildman–Crippen MR) is 84.7 cm³/mol. The molecule has 0 saturated heterocycles. The van der Waals surface area contributed by atoms with Crippen molar-refractivity contribution in [1.82, 2.24) is 15.3 Å². The molecule has 0 fully saturated rings. The van der Waals surface area contributed by atoms with Crippen molar-refractivity contribution in [2.75, 3.05) is 7.05 Å². The molecule has 0 amide bonds. The SMILES string of the molecule is CNCc1cnc(Oc2cccc(C(C)(C)C)c2)nc1C. The minimum atomic E-state index is 0.0901. The van der Waals surface area contributed by atoms with Crippen LogP contribution < -0.4 is 10.1 Å². The fourth-order valence-corrected chi connectivity index (χ4v) is 2.02. The number of nitrogens with one attached hydrogen (secondary N) is 1. The lowest BCUT2D eigenvalue weighted by Crippen LogP contribution is -2.11. The van der Waals surface area contributed by atoms with E-state index in [1.807, 2.05) is 38.4 Å². The van der Waals surface area contributed by atoms with Crippen LogP contribution in [0.25, 0.3) is 0 Å². The summed E-state index contributed by atoms with van der Waals surface area (Å²) in [7, 11) is 1.90. The van der Waals surface area contributed by atoms with E-state index in [-0.39, 0.29) is 5.41 Å². The molecule has 0 atom stereocenters. The van der Waals surface area contributed by atoms with Crippen molar-refractivity contribution in [3.63, 3.8) is 0 Å². The van der Waals surface area contributed by atoms with E-state index in [0.717, 1.165) is 23.6 Å². The standard InChI is InChI=1S/C17H23N3O/c1-12-13(10-18-5)11-19-16(20-12)21-15-8-6-7-14(9-15)17(2,3)4/h6-9,11,18H,10H2,1-5H3. The fourth-order valence-electron chi connectivity index (χ4n) is 2.02. The highest BCUT2D eigenvalue weighted by molar-refractivity contribution is 5.34. The van der Waals surface area contributed by atoms with Gasteiger partial charge in [-0.05, 0) is 37.1 Å². The molecule has 0 saturated carbocycles. The predicted octanol–water partition coefficient (Wildman–Crippen LogP) is 3.59. The van der Waals surface area contributed by atoms with Crippen molar-refractivity contribution in [3.8, 4) is 11.8 Å². The van der Waals surface area contributed by atoms with Gasteiger partial charge in [0.1, 0.15) is 5.75 Å². The van der Waals surface area contributed by atoms with E-state index in [9.17, 15) is 0 Å². The van der Waals surface area contributed by atoms with Crippen molar-refractivity contribution < 1.29 is 4.74 Å². The summed E-state index contributed by atoms with van der Waals surface area (Å²) in [5.41, 5.74) is 3.32. The van der Waals surface area contributed by atoms with Gasteiger partial charge in [-0.3, -0.25) is 0 Å². The normalized spacial score (nSPS) is 11.5. The Hall–Kier alpha value is -1.94. The first-order valence-electron chi connectivity index (χ1n) is 7.15. The van der Waals surface area contributed by atoms with Gasteiger partial charge in [0.25, 0.3) is 0 Å². The van der Waals surface area contributed by atoms with Crippen LogP contribution in [-0.2, 0) is 12.0 Å². The van der Waals surface area contributed by atoms with Crippen molar-refractivity contribution in [2.45, 2.75) is 39.7 Å². The largest absolute Gasteiger partial charge is 0.424 e. The lowest BCUT2D eigenvalue weighted by atomic mass is 9.87. The van der Waals surface area contributed by atoms with Gasteiger partial charge in [0.15, 0.2) is 0 Å². The molecule has 1 N–H and O–H groups in total. The molecule has 2 rings (SSSR count). The van der Waals surface area contributed by atoms with E-state index in [4.69, 9.17) is 4.74 Å². The number of aryl methyl sites for hydroxylation is 1. The van der Waals surface area contributed by atoms with Gasteiger partial charge in [-0.1, -0.05) is 32.9 Å². The van der Waals surface area contributed by atoms with E-state index in [1.165, 1.54) is 5.56 Å². The Balaban J connectivity index is 2.20. The summed E-state index contributed by atoms with van der Waals surface area (Å²) < 4.78 is 5.79. The van der Waals surface area contributed by atoms with Gasteiger partial charge in [0.2, 0.25) is 0 Å². The molecule has 1 heterocycles. The number of benzene rings is 1. The Morgan fingerprint density at radius 2 is 2.00 bits per heavy atom. The molecule has 0 unspecified atom stereocenters. The highest BCUT2D eigenvalue weighted by Crippen LogP contribution is 2.27. The van der Waals surface area contributed by atoms with Crippen LogP contribution in [0.2, 0.25) is 0 Å². The van der Waals surface area contributed by atoms with E-state index in [1.54, 1.807) is 0 Å². The number of hydrogen-bond acceptors (Lipinski definition) is 4. The molecule has 2 aromatic rings. The van der Waals surface area contributed by atoms with Crippen molar-refractivity contribution in [3.05, 3.63) is 47.3 Å². The van der Waals surface area contributed by atoms with Crippen LogP contribution in [0.5, 0.6) is 11.8 Å². The Bertz CT molecular complexity index is 618. The average Bonchev–Trinajstić information content (AvgIpc) is 2.41. The molecular weight excluding hydrogens is 262 g/mol. The molecular formula is C17H23N3O. The number of ether oxygens (including phenoxy) is 1.